The first-order valence-corrected chi connectivity index (χ1v) is 8.74. The molecule has 0 aliphatic heterocycles. The minimum Gasteiger partial charge on any atom is -0.424 e. The quantitative estimate of drug-likeness (QED) is 0.601. The summed E-state index contributed by atoms with van der Waals surface area (Å²) >= 11 is 5.28. The fourth-order valence-electron chi connectivity index (χ4n) is 1.63. The number of hydrogen-bond donors (Lipinski definition) is 0. The van der Waals surface area contributed by atoms with Gasteiger partial charge in [-0.1, -0.05) is 0 Å². The molecule has 0 fully saturated rings. The molecule has 2 rings (SSSR count). The van der Waals surface area contributed by atoms with E-state index in [1.807, 2.05) is 13.8 Å². The van der Waals surface area contributed by atoms with E-state index in [-0.39, 0.29) is 0 Å². The predicted octanol–water partition coefficient (Wildman–Crippen LogP) is 3.47. The molecule has 0 saturated heterocycles. The van der Waals surface area contributed by atoms with Gasteiger partial charge in [0, 0.05) is 29.3 Å². The van der Waals surface area contributed by atoms with E-state index in [1.54, 1.807) is 24.3 Å². The maximum absolute atomic E-state index is 11.2. The highest BCUT2D eigenvalue weighted by Gasteiger charge is 2.21. The van der Waals surface area contributed by atoms with Crippen LogP contribution in [0.4, 0.5) is 0 Å². The maximum atomic E-state index is 11.2. The zero-order chi connectivity index (χ0) is 14.6. The van der Waals surface area contributed by atoms with E-state index in [0.717, 1.165) is 5.39 Å². The van der Waals surface area contributed by atoms with Gasteiger partial charge in [0.05, 0.1) is 13.2 Å². The summed E-state index contributed by atoms with van der Waals surface area (Å²) < 4.78 is 21.5. The van der Waals surface area contributed by atoms with Crippen molar-refractivity contribution in [1.82, 2.24) is 0 Å². The highest BCUT2D eigenvalue weighted by molar-refractivity contribution is 8.07. The van der Waals surface area contributed by atoms with E-state index in [2.05, 4.69) is 0 Å². The molecule has 1 aromatic heterocycles. The Bertz CT molecular complexity index is 686. The Kier molecular flexibility index (Phi) is 4.94. The van der Waals surface area contributed by atoms with Crippen LogP contribution in [0.5, 0.6) is 5.75 Å². The van der Waals surface area contributed by atoms with Crippen molar-refractivity contribution in [2.45, 2.75) is 13.8 Å². The van der Waals surface area contributed by atoms with E-state index in [4.69, 9.17) is 29.8 Å². The summed E-state index contributed by atoms with van der Waals surface area (Å²) in [5, 5.41) is 0.804. The lowest BCUT2D eigenvalue weighted by atomic mass is 10.2. The average molecular weight is 314 g/mol. The van der Waals surface area contributed by atoms with E-state index in [0.29, 0.717) is 24.5 Å². The van der Waals surface area contributed by atoms with Crippen LogP contribution in [0.1, 0.15) is 13.8 Å². The van der Waals surface area contributed by atoms with Crippen molar-refractivity contribution < 1.29 is 18.0 Å². The summed E-state index contributed by atoms with van der Waals surface area (Å²) in [4.78, 5) is 11.2. The van der Waals surface area contributed by atoms with Gasteiger partial charge >= 0.3 is 12.3 Å². The minimum atomic E-state index is -2.82. The van der Waals surface area contributed by atoms with Crippen LogP contribution in [0, 0.1) is 0 Å². The molecule has 0 aliphatic rings. The molecule has 0 N–H and O–H groups in total. The van der Waals surface area contributed by atoms with Crippen molar-refractivity contribution in [2.75, 3.05) is 13.2 Å². The number of hydrogen-bond acceptors (Lipinski definition) is 6. The van der Waals surface area contributed by atoms with Crippen LogP contribution in [0.3, 0.4) is 0 Å². The minimum absolute atomic E-state index is 0.403. The topological polar surface area (TPSA) is 57.9 Å². The second-order valence-electron chi connectivity index (χ2n) is 3.83. The summed E-state index contributed by atoms with van der Waals surface area (Å²) in [7, 11) is 0. The lowest BCUT2D eigenvalue weighted by Gasteiger charge is -2.21. The van der Waals surface area contributed by atoms with Gasteiger partial charge < -0.3 is 8.94 Å². The molecule has 1 aromatic carbocycles. The molecule has 108 valence electrons. The van der Waals surface area contributed by atoms with E-state index < -0.39 is 12.3 Å². The monoisotopic (exact) mass is 314 g/mol. The van der Waals surface area contributed by atoms with Gasteiger partial charge in [0.25, 0.3) is 0 Å². The SMILES string of the molecule is CCOP(=S)(OCC)Oc1ccc2ccc(=O)oc2c1. The summed E-state index contributed by atoms with van der Waals surface area (Å²) in [6, 6.07) is 8.18. The zero-order valence-corrected chi connectivity index (χ0v) is 12.9. The molecule has 0 unspecified atom stereocenters. The Labute approximate surface area is 121 Å². The smallest absolute Gasteiger partial charge is 0.380 e. The standard InChI is InChI=1S/C13H15O5PS/c1-3-15-19(20,16-4-2)18-11-7-5-10-6-8-13(14)17-12(10)9-11/h5-9H,3-4H2,1-2H3. The zero-order valence-electron chi connectivity index (χ0n) is 11.2. The van der Waals surface area contributed by atoms with Gasteiger partial charge in [-0.25, -0.2) is 4.79 Å². The van der Waals surface area contributed by atoms with E-state index in [9.17, 15) is 4.79 Å². The largest absolute Gasteiger partial charge is 0.424 e. The van der Waals surface area contributed by atoms with Crippen LogP contribution >= 0.6 is 6.72 Å². The van der Waals surface area contributed by atoms with Crippen LogP contribution in [-0.2, 0) is 20.9 Å². The van der Waals surface area contributed by atoms with Gasteiger partial charge in [0.2, 0.25) is 0 Å². The number of rotatable bonds is 6. The van der Waals surface area contributed by atoms with Crippen LogP contribution in [-0.4, -0.2) is 13.2 Å². The number of benzene rings is 1. The van der Waals surface area contributed by atoms with Crippen LogP contribution < -0.4 is 10.1 Å². The molecule has 0 radical (unpaired) electrons. The van der Waals surface area contributed by atoms with Crippen LogP contribution in [0.15, 0.2) is 39.5 Å². The molecular weight excluding hydrogens is 299 g/mol. The molecular formula is C13H15O5PS. The van der Waals surface area contributed by atoms with Crippen molar-refractivity contribution >= 4 is 29.5 Å². The highest BCUT2D eigenvalue weighted by atomic mass is 32.5. The van der Waals surface area contributed by atoms with Gasteiger partial charge in [-0.05, 0) is 32.0 Å². The summed E-state index contributed by atoms with van der Waals surface area (Å²) in [5.41, 5.74) is 0.0215. The average Bonchev–Trinajstić information content (AvgIpc) is 2.38. The van der Waals surface area contributed by atoms with Crippen molar-refractivity contribution in [3.05, 3.63) is 40.8 Å². The molecule has 0 aliphatic carbocycles. The van der Waals surface area contributed by atoms with Crippen molar-refractivity contribution in [3.63, 3.8) is 0 Å². The highest BCUT2D eigenvalue weighted by Crippen LogP contribution is 2.49. The van der Waals surface area contributed by atoms with Gasteiger partial charge in [-0.3, -0.25) is 9.05 Å². The first-order chi connectivity index (χ1) is 9.56. The van der Waals surface area contributed by atoms with Crippen LogP contribution in [0.25, 0.3) is 11.0 Å². The number of fused-ring (bicyclic) bond motifs is 1. The third-order valence-corrected chi connectivity index (χ3v) is 4.83. The van der Waals surface area contributed by atoms with Crippen molar-refractivity contribution in [2.24, 2.45) is 0 Å². The Morgan fingerprint density at radius 2 is 1.80 bits per heavy atom. The molecule has 20 heavy (non-hydrogen) atoms. The Balaban J connectivity index is 2.32. The molecule has 0 atom stereocenters. The van der Waals surface area contributed by atoms with Gasteiger partial charge in [0.1, 0.15) is 11.3 Å². The maximum Gasteiger partial charge on any atom is 0.380 e. The third kappa shape index (κ3) is 3.67. The first-order valence-electron chi connectivity index (χ1n) is 6.19. The lowest BCUT2D eigenvalue weighted by Crippen LogP contribution is -2.02. The summed E-state index contributed by atoms with van der Waals surface area (Å²) in [6.45, 7) is 1.63. The summed E-state index contributed by atoms with van der Waals surface area (Å²) in [6.07, 6.45) is 0. The van der Waals surface area contributed by atoms with Gasteiger partial charge in [0.15, 0.2) is 0 Å². The molecule has 0 spiro atoms. The fraction of sp³-hybridized carbons (Fsp3) is 0.308. The van der Waals surface area contributed by atoms with E-state index in [1.165, 1.54) is 6.07 Å². The van der Waals surface area contributed by atoms with Gasteiger partial charge in [-0.15, -0.1) is 0 Å². The molecule has 1 heterocycles. The van der Waals surface area contributed by atoms with Gasteiger partial charge in [-0.2, -0.15) is 0 Å². The lowest BCUT2D eigenvalue weighted by molar-refractivity contribution is 0.218. The van der Waals surface area contributed by atoms with Crippen LogP contribution in [0.2, 0.25) is 0 Å². The molecule has 0 bridgehead atoms. The predicted molar refractivity (Wildman–Crippen MR) is 80.6 cm³/mol. The second-order valence-corrected chi connectivity index (χ2v) is 6.76. The van der Waals surface area contributed by atoms with Crippen molar-refractivity contribution in [1.29, 1.82) is 0 Å². The molecule has 2 aromatic rings. The second kappa shape index (κ2) is 6.50. The molecule has 7 heteroatoms. The Morgan fingerprint density at radius 1 is 1.15 bits per heavy atom. The van der Waals surface area contributed by atoms with Crippen molar-refractivity contribution in [3.8, 4) is 5.75 Å². The normalized spacial score (nSPS) is 11.7. The molecule has 5 nitrogen and oxygen atoms in total. The third-order valence-electron chi connectivity index (χ3n) is 2.39. The first kappa shape index (κ1) is 15.2. The fourth-order valence-corrected chi connectivity index (χ4v) is 3.71. The Hall–Kier alpha value is -1.20. The summed E-state index contributed by atoms with van der Waals surface area (Å²) in [5.74, 6) is 0.456. The van der Waals surface area contributed by atoms with E-state index >= 15 is 0 Å². The Morgan fingerprint density at radius 3 is 2.45 bits per heavy atom. The molecule has 0 amide bonds. The molecule has 0 saturated carbocycles.